The quantitative estimate of drug-likeness (QED) is 0.753. The van der Waals surface area contributed by atoms with Crippen LogP contribution in [0.4, 0.5) is 4.79 Å². The highest BCUT2D eigenvalue weighted by atomic mass is 16.6. The van der Waals surface area contributed by atoms with Gasteiger partial charge in [-0.1, -0.05) is 12.1 Å². The molecule has 0 saturated carbocycles. The fraction of sp³-hybridized carbons (Fsp3) is 0.524. The predicted octanol–water partition coefficient (Wildman–Crippen LogP) is 1.65. The molecular weight excluding hydrogens is 388 g/mol. The highest BCUT2D eigenvalue weighted by Crippen LogP contribution is 2.34. The number of imide groups is 1. The van der Waals surface area contributed by atoms with E-state index in [2.05, 4.69) is 5.32 Å². The summed E-state index contributed by atoms with van der Waals surface area (Å²) < 4.78 is 8.44. The van der Waals surface area contributed by atoms with E-state index in [1.165, 1.54) is 4.57 Å². The minimum Gasteiger partial charge on any atom is -0.444 e. The first-order valence-electron chi connectivity index (χ1n) is 10.1. The van der Waals surface area contributed by atoms with Gasteiger partial charge in [-0.05, 0) is 38.8 Å². The van der Waals surface area contributed by atoms with Gasteiger partial charge in [-0.15, -0.1) is 0 Å². The molecule has 0 spiro atoms. The third kappa shape index (κ3) is 3.38. The van der Waals surface area contributed by atoms with Crippen molar-refractivity contribution in [3.05, 3.63) is 34.2 Å². The van der Waals surface area contributed by atoms with E-state index in [1.54, 1.807) is 16.5 Å². The second-order valence-corrected chi connectivity index (χ2v) is 8.98. The average Bonchev–Trinajstić information content (AvgIpc) is 2.84. The Bertz CT molecular complexity index is 1100. The van der Waals surface area contributed by atoms with Crippen molar-refractivity contribution in [3.8, 4) is 0 Å². The molecule has 0 aliphatic carbocycles. The van der Waals surface area contributed by atoms with Crippen LogP contribution in [0.3, 0.4) is 0 Å². The number of nitrogens with zero attached hydrogens (tertiary/aromatic N) is 3. The largest absolute Gasteiger partial charge is 0.444 e. The van der Waals surface area contributed by atoms with Gasteiger partial charge < -0.3 is 9.64 Å². The highest BCUT2D eigenvalue weighted by Gasteiger charge is 2.37. The monoisotopic (exact) mass is 414 g/mol. The maximum Gasteiger partial charge on any atom is 0.410 e. The predicted molar refractivity (Wildman–Crippen MR) is 109 cm³/mol. The van der Waals surface area contributed by atoms with E-state index in [0.717, 1.165) is 11.1 Å². The van der Waals surface area contributed by atoms with Crippen LogP contribution in [0.2, 0.25) is 0 Å². The van der Waals surface area contributed by atoms with Crippen LogP contribution < -0.4 is 11.0 Å². The molecule has 2 aromatic rings. The number of benzene rings is 1. The van der Waals surface area contributed by atoms with Crippen molar-refractivity contribution in [1.82, 2.24) is 19.4 Å². The summed E-state index contributed by atoms with van der Waals surface area (Å²) >= 11 is 0. The van der Waals surface area contributed by atoms with Crippen LogP contribution in [0.1, 0.15) is 51.1 Å². The minimum absolute atomic E-state index is 0.0735. The molecule has 1 atom stereocenters. The molecule has 1 aromatic heterocycles. The first-order valence-corrected chi connectivity index (χ1v) is 10.1. The Morgan fingerprint density at radius 2 is 1.87 bits per heavy atom. The molecule has 3 amide bonds. The van der Waals surface area contributed by atoms with Crippen LogP contribution in [-0.2, 0) is 21.4 Å². The molecule has 9 nitrogen and oxygen atoms in total. The van der Waals surface area contributed by atoms with Crippen LogP contribution in [0.25, 0.3) is 11.0 Å². The Morgan fingerprint density at radius 1 is 1.17 bits per heavy atom. The fourth-order valence-corrected chi connectivity index (χ4v) is 4.18. The van der Waals surface area contributed by atoms with Gasteiger partial charge in [0.15, 0.2) is 0 Å². The number of hydrogen-bond acceptors (Lipinski definition) is 5. The summed E-state index contributed by atoms with van der Waals surface area (Å²) in [5.74, 6) is -0.697. The third-order valence-corrected chi connectivity index (χ3v) is 5.63. The number of aryl methyl sites for hydroxylation is 1. The minimum atomic E-state index is -0.714. The third-order valence-electron chi connectivity index (χ3n) is 5.63. The van der Waals surface area contributed by atoms with Gasteiger partial charge in [0.25, 0.3) is 0 Å². The van der Waals surface area contributed by atoms with Gasteiger partial charge in [0.2, 0.25) is 11.8 Å². The number of para-hydroxylation sites is 1. The van der Waals surface area contributed by atoms with Gasteiger partial charge in [-0.2, -0.15) is 0 Å². The number of hydrogen-bond donors (Lipinski definition) is 1. The van der Waals surface area contributed by atoms with Gasteiger partial charge in [-0.25, -0.2) is 9.59 Å². The smallest absolute Gasteiger partial charge is 0.410 e. The second-order valence-electron chi connectivity index (χ2n) is 8.98. The SMILES string of the molecule is Cn1c(=O)n([C@@H]2CCC(=O)NC2=O)c2cccc(C3CN(C(=O)OC(C)(C)C)C3)c21. The summed E-state index contributed by atoms with van der Waals surface area (Å²) in [6.07, 6.45) is 0.150. The number of ether oxygens (including phenoxy) is 1. The van der Waals surface area contributed by atoms with Crippen molar-refractivity contribution in [3.63, 3.8) is 0 Å². The van der Waals surface area contributed by atoms with Crippen molar-refractivity contribution in [2.45, 2.75) is 51.2 Å². The number of imidazole rings is 1. The molecule has 2 saturated heterocycles. The van der Waals surface area contributed by atoms with Crippen LogP contribution in [0.15, 0.2) is 23.0 Å². The summed E-state index contributed by atoms with van der Waals surface area (Å²) in [6.45, 7) is 6.50. The number of piperidine rings is 1. The van der Waals surface area contributed by atoms with E-state index in [9.17, 15) is 19.2 Å². The number of amides is 3. The molecule has 0 radical (unpaired) electrons. The Kier molecular flexibility index (Phi) is 4.71. The van der Waals surface area contributed by atoms with Crippen molar-refractivity contribution in [2.75, 3.05) is 13.1 Å². The first kappa shape index (κ1) is 20.2. The summed E-state index contributed by atoms with van der Waals surface area (Å²) in [5, 5.41) is 2.32. The van der Waals surface area contributed by atoms with E-state index < -0.39 is 17.6 Å². The normalized spacial score (nSPS) is 20.3. The van der Waals surface area contributed by atoms with E-state index in [-0.39, 0.29) is 30.0 Å². The summed E-state index contributed by atoms with van der Waals surface area (Å²) in [4.78, 5) is 50.8. The topological polar surface area (TPSA) is 103 Å². The summed E-state index contributed by atoms with van der Waals surface area (Å²) in [7, 11) is 1.68. The summed E-state index contributed by atoms with van der Waals surface area (Å²) in [5.41, 5.74) is 1.52. The lowest BCUT2D eigenvalue weighted by molar-refractivity contribution is -0.135. The maximum atomic E-state index is 13.0. The number of likely N-dealkylation sites (tertiary alicyclic amines) is 1. The van der Waals surface area contributed by atoms with E-state index >= 15 is 0 Å². The lowest BCUT2D eigenvalue weighted by Gasteiger charge is -2.40. The standard InChI is InChI=1S/C21H26N4O5/c1-21(2,3)30-20(29)24-10-12(11-24)13-6-5-7-14-17(13)23(4)19(28)25(14)15-8-9-16(26)22-18(15)27/h5-7,12,15H,8-11H2,1-4H3,(H,22,26,27)/t15-/m1/s1. The molecule has 2 aliphatic rings. The molecule has 0 bridgehead atoms. The molecule has 3 heterocycles. The average molecular weight is 414 g/mol. The lowest BCUT2D eigenvalue weighted by Crippen LogP contribution is -2.50. The second kappa shape index (κ2) is 7.00. The zero-order valence-electron chi connectivity index (χ0n) is 17.6. The number of carbonyl (C=O) groups excluding carboxylic acids is 3. The van der Waals surface area contributed by atoms with Gasteiger partial charge >= 0.3 is 11.8 Å². The van der Waals surface area contributed by atoms with Gasteiger partial charge in [0, 0.05) is 32.5 Å². The number of fused-ring (bicyclic) bond motifs is 1. The first-order chi connectivity index (χ1) is 14.1. The zero-order valence-corrected chi connectivity index (χ0v) is 17.6. The molecule has 2 aliphatic heterocycles. The lowest BCUT2D eigenvalue weighted by atomic mass is 9.90. The van der Waals surface area contributed by atoms with Gasteiger partial charge in [-0.3, -0.25) is 24.0 Å². The molecule has 30 heavy (non-hydrogen) atoms. The molecule has 9 heteroatoms. The highest BCUT2D eigenvalue weighted by molar-refractivity contribution is 6.00. The molecule has 1 aromatic carbocycles. The van der Waals surface area contributed by atoms with Crippen LogP contribution >= 0.6 is 0 Å². The number of carbonyl (C=O) groups is 3. The number of aromatic nitrogens is 2. The number of rotatable bonds is 2. The van der Waals surface area contributed by atoms with Gasteiger partial charge in [0.1, 0.15) is 11.6 Å². The van der Waals surface area contributed by atoms with Crippen LogP contribution in [0.5, 0.6) is 0 Å². The Hall–Kier alpha value is -3.10. The van der Waals surface area contributed by atoms with E-state index in [0.29, 0.717) is 25.0 Å². The van der Waals surface area contributed by atoms with Crippen LogP contribution in [0, 0.1) is 0 Å². The van der Waals surface area contributed by atoms with Crippen molar-refractivity contribution >= 4 is 28.9 Å². The Morgan fingerprint density at radius 3 is 2.50 bits per heavy atom. The molecule has 0 unspecified atom stereocenters. The maximum absolute atomic E-state index is 13.0. The molecular formula is C21H26N4O5. The van der Waals surface area contributed by atoms with Gasteiger partial charge in [0.05, 0.1) is 11.0 Å². The molecule has 4 rings (SSSR count). The zero-order chi connectivity index (χ0) is 21.8. The summed E-state index contributed by atoms with van der Waals surface area (Å²) in [6, 6.07) is 4.91. The van der Waals surface area contributed by atoms with E-state index in [4.69, 9.17) is 4.74 Å². The Balaban J connectivity index is 1.65. The van der Waals surface area contributed by atoms with E-state index in [1.807, 2.05) is 39.0 Å². The molecule has 2 fully saturated rings. The van der Waals surface area contributed by atoms with Crippen molar-refractivity contribution < 1.29 is 19.1 Å². The Labute approximate surface area is 173 Å². The number of nitrogens with one attached hydrogen (secondary N) is 1. The van der Waals surface area contributed by atoms with Crippen molar-refractivity contribution in [2.24, 2.45) is 7.05 Å². The molecule has 160 valence electrons. The van der Waals surface area contributed by atoms with Crippen molar-refractivity contribution in [1.29, 1.82) is 0 Å². The van der Waals surface area contributed by atoms with Crippen LogP contribution in [-0.4, -0.2) is 50.6 Å². The fourth-order valence-electron chi connectivity index (χ4n) is 4.18. The molecule has 1 N–H and O–H groups in total.